The highest BCUT2D eigenvalue weighted by atomic mass is 35.5. The highest BCUT2D eigenvalue weighted by molar-refractivity contribution is 7.91. The van der Waals surface area contributed by atoms with Gasteiger partial charge < -0.3 is 19.9 Å². The minimum Gasteiger partial charge on any atom is -0.444 e. The standard InChI is InChI=1S/C40H47Cl2N5O8S/c1-5-23-21-40(23,37(51)44-56(53,54)27-11-12-27)43-35(49)33-19-26(22-46(33)36(50)30(39(2,3)4)20-34(48)45-15-7-6-8-16-45)55-38(52)47-31-13-9-24(41)17-28(31)29-18-25(42)10-14-32(29)47/h5,9-10,13-14,17-18,23,26-27,30,33H,1,6-8,11-12,15-16,19-22H2,2-4H3,(H,43,49)(H,44,51)/t23?,26-,30-,33+,40-/m1/s1. The van der Waals surface area contributed by atoms with E-state index in [-0.39, 0.29) is 31.7 Å². The van der Waals surface area contributed by atoms with Gasteiger partial charge in [0.2, 0.25) is 27.7 Å². The summed E-state index contributed by atoms with van der Waals surface area (Å²) < 4.78 is 35.1. The van der Waals surface area contributed by atoms with E-state index in [1.54, 1.807) is 41.3 Å². The molecule has 3 heterocycles. The van der Waals surface area contributed by atoms with Crippen LogP contribution in [0.15, 0.2) is 49.1 Å². The number of fused-ring (bicyclic) bond motifs is 3. The number of nitrogens with one attached hydrogen (secondary N) is 2. The van der Waals surface area contributed by atoms with Gasteiger partial charge in [0.05, 0.1) is 28.7 Å². The summed E-state index contributed by atoms with van der Waals surface area (Å²) in [4.78, 5) is 73.5. The van der Waals surface area contributed by atoms with Crippen molar-refractivity contribution < 1.29 is 37.1 Å². The molecule has 0 radical (unpaired) electrons. The number of piperidine rings is 1. The van der Waals surface area contributed by atoms with Crippen molar-refractivity contribution in [2.24, 2.45) is 17.3 Å². The second-order valence-corrected chi connectivity index (χ2v) is 19.5. The number of carbonyl (C=O) groups is 5. The van der Waals surface area contributed by atoms with Gasteiger partial charge in [-0.1, -0.05) is 50.0 Å². The molecule has 16 heteroatoms. The predicted molar refractivity (Wildman–Crippen MR) is 213 cm³/mol. The predicted octanol–water partition coefficient (Wildman–Crippen LogP) is 5.79. The van der Waals surface area contributed by atoms with Gasteiger partial charge in [-0.2, -0.15) is 0 Å². The van der Waals surface area contributed by atoms with E-state index in [9.17, 15) is 32.4 Å². The molecule has 5 atom stereocenters. The Hall–Kier alpha value is -4.14. The van der Waals surface area contributed by atoms with Crippen molar-refractivity contribution in [1.29, 1.82) is 0 Å². The topological polar surface area (TPSA) is 164 Å². The lowest BCUT2D eigenvalue weighted by atomic mass is 9.77. The lowest BCUT2D eigenvalue weighted by Gasteiger charge is -2.36. The number of nitrogens with zero attached hydrogens (tertiary/aromatic N) is 3. The monoisotopic (exact) mass is 827 g/mol. The maximum atomic E-state index is 14.7. The minimum absolute atomic E-state index is 0.0754. The van der Waals surface area contributed by atoms with Crippen LogP contribution in [0.25, 0.3) is 21.8 Å². The Labute approximate surface area is 336 Å². The van der Waals surface area contributed by atoms with Crippen LogP contribution in [0.5, 0.6) is 0 Å². The van der Waals surface area contributed by atoms with Crippen LogP contribution in [0.2, 0.25) is 10.0 Å². The first-order valence-electron chi connectivity index (χ1n) is 19.1. The first-order valence-corrected chi connectivity index (χ1v) is 21.4. The zero-order valence-electron chi connectivity index (χ0n) is 31.7. The van der Waals surface area contributed by atoms with E-state index in [4.69, 9.17) is 27.9 Å². The summed E-state index contributed by atoms with van der Waals surface area (Å²) in [5, 5.41) is 4.38. The molecule has 2 saturated heterocycles. The summed E-state index contributed by atoms with van der Waals surface area (Å²) >= 11 is 12.7. The van der Waals surface area contributed by atoms with Crippen molar-refractivity contribution in [3.05, 3.63) is 59.1 Å². The van der Waals surface area contributed by atoms with Crippen molar-refractivity contribution >= 4 is 84.8 Å². The molecule has 7 rings (SSSR count). The fraction of sp³-hybridized carbons (Fsp3) is 0.525. The largest absolute Gasteiger partial charge is 0.444 e. The van der Waals surface area contributed by atoms with Crippen LogP contribution in [0.1, 0.15) is 72.1 Å². The van der Waals surface area contributed by atoms with Crippen molar-refractivity contribution in [1.82, 2.24) is 24.4 Å². The summed E-state index contributed by atoms with van der Waals surface area (Å²) in [6.07, 6.45) is 3.37. The summed E-state index contributed by atoms with van der Waals surface area (Å²) in [6.45, 7) is 10.4. The number of aromatic nitrogens is 1. The molecular weight excluding hydrogens is 781 g/mol. The van der Waals surface area contributed by atoms with Crippen molar-refractivity contribution in [3.8, 4) is 0 Å². The molecule has 1 aromatic heterocycles. The van der Waals surface area contributed by atoms with Crippen LogP contribution in [0, 0.1) is 17.3 Å². The number of hydrogen-bond acceptors (Lipinski definition) is 8. The SMILES string of the molecule is C=CC1C[C@]1(NC(=O)[C@@H]1C[C@@H](OC(=O)n2c3ccc(Cl)cc3c3cc(Cl)ccc32)CN1C(=O)[C@@H](CC(=O)N1CCCCC1)C(C)(C)C)C(=O)NS(=O)(=O)C1CC1. The van der Waals surface area contributed by atoms with Crippen molar-refractivity contribution in [3.63, 3.8) is 0 Å². The normalized spacial score (nSPS) is 24.5. The number of halogens is 2. The van der Waals surface area contributed by atoms with Gasteiger partial charge in [0, 0.05) is 52.7 Å². The summed E-state index contributed by atoms with van der Waals surface area (Å²) in [5.74, 6) is -3.58. The van der Waals surface area contributed by atoms with Crippen molar-refractivity contribution in [2.45, 2.75) is 95.1 Å². The van der Waals surface area contributed by atoms with E-state index < -0.39 is 74.0 Å². The quantitative estimate of drug-likeness (QED) is 0.243. The third-order valence-corrected chi connectivity index (χ3v) is 14.0. The molecule has 2 aliphatic carbocycles. The van der Waals surface area contributed by atoms with Gasteiger partial charge in [-0.05, 0) is 80.3 Å². The Morgan fingerprint density at radius 2 is 1.59 bits per heavy atom. The van der Waals surface area contributed by atoms with Crippen LogP contribution in [-0.2, 0) is 33.9 Å². The van der Waals surface area contributed by atoms with E-state index in [0.717, 1.165) is 19.3 Å². The maximum Gasteiger partial charge on any atom is 0.419 e. The zero-order chi connectivity index (χ0) is 40.3. The maximum absolute atomic E-state index is 14.7. The Morgan fingerprint density at radius 3 is 2.12 bits per heavy atom. The van der Waals surface area contributed by atoms with Crippen molar-refractivity contribution in [2.75, 3.05) is 19.6 Å². The van der Waals surface area contributed by atoms with E-state index in [1.807, 2.05) is 20.8 Å². The fourth-order valence-electron chi connectivity index (χ4n) is 8.16. The highest BCUT2D eigenvalue weighted by Crippen LogP contribution is 2.46. The number of sulfonamides is 1. The molecule has 0 bridgehead atoms. The lowest BCUT2D eigenvalue weighted by Crippen LogP contribution is -2.57. The Kier molecular flexibility index (Phi) is 10.7. The van der Waals surface area contributed by atoms with Crippen LogP contribution in [-0.4, -0.2) is 95.1 Å². The second-order valence-electron chi connectivity index (χ2n) is 16.7. The smallest absolute Gasteiger partial charge is 0.419 e. The van der Waals surface area contributed by atoms with Gasteiger partial charge >= 0.3 is 6.09 Å². The van der Waals surface area contributed by atoms with Gasteiger partial charge in [-0.25, -0.2) is 17.8 Å². The highest BCUT2D eigenvalue weighted by Gasteiger charge is 2.62. The fourth-order valence-corrected chi connectivity index (χ4v) is 9.87. The molecule has 4 aliphatic rings. The van der Waals surface area contributed by atoms with Crippen LogP contribution in [0.4, 0.5) is 4.79 Å². The number of carbonyl (C=O) groups excluding carboxylic acids is 5. The third kappa shape index (κ3) is 7.76. The molecule has 56 heavy (non-hydrogen) atoms. The third-order valence-electron chi connectivity index (χ3n) is 11.7. The van der Waals surface area contributed by atoms with Crippen LogP contribution in [0.3, 0.4) is 0 Å². The molecule has 2 saturated carbocycles. The summed E-state index contributed by atoms with van der Waals surface area (Å²) in [7, 11) is -3.93. The molecule has 2 N–H and O–H groups in total. The lowest BCUT2D eigenvalue weighted by molar-refractivity contribution is -0.148. The van der Waals surface area contributed by atoms with Gasteiger partial charge in [0.1, 0.15) is 17.7 Å². The molecule has 1 unspecified atom stereocenters. The average molecular weight is 829 g/mol. The van der Waals surface area contributed by atoms with Gasteiger partial charge in [0.15, 0.2) is 0 Å². The second kappa shape index (κ2) is 15.0. The zero-order valence-corrected chi connectivity index (χ0v) is 34.0. The average Bonchev–Trinajstić information content (AvgIpc) is 4.06. The van der Waals surface area contributed by atoms with E-state index in [0.29, 0.717) is 57.8 Å². The number of hydrogen-bond donors (Lipinski definition) is 2. The Bertz CT molecular complexity index is 2180. The number of ether oxygens (including phenoxy) is 1. The van der Waals surface area contributed by atoms with E-state index in [1.165, 1.54) is 15.5 Å². The minimum atomic E-state index is -3.93. The first kappa shape index (κ1) is 40.1. The van der Waals surface area contributed by atoms with E-state index >= 15 is 0 Å². The van der Waals surface area contributed by atoms with Gasteiger partial charge in [0.25, 0.3) is 5.91 Å². The Balaban J connectivity index is 1.19. The van der Waals surface area contributed by atoms with Gasteiger partial charge in [-0.15, -0.1) is 6.58 Å². The molecule has 0 spiro atoms. The molecule has 13 nitrogen and oxygen atoms in total. The summed E-state index contributed by atoms with van der Waals surface area (Å²) in [6, 6.07) is 8.92. The first-order chi connectivity index (χ1) is 26.4. The molecular formula is C40H47Cl2N5O8S. The summed E-state index contributed by atoms with van der Waals surface area (Å²) in [5.41, 5.74) is -1.27. The number of benzene rings is 2. The van der Waals surface area contributed by atoms with Crippen LogP contribution < -0.4 is 10.0 Å². The molecule has 4 amide bonds. The Morgan fingerprint density at radius 1 is 0.982 bits per heavy atom. The number of amides is 4. The molecule has 3 aromatic rings. The van der Waals surface area contributed by atoms with Crippen LogP contribution >= 0.6 is 23.2 Å². The number of likely N-dealkylation sites (tertiary alicyclic amines) is 2. The number of rotatable bonds is 10. The molecule has 2 aromatic carbocycles. The van der Waals surface area contributed by atoms with Gasteiger partial charge in [-0.3, -0.25) is 23.9 Å². The molecule has 4 fully saturated rings. The molecule has 300 valence electrons. The molecule has 2 aliphatic heterocycles. The van der Waals surface area contributed by atoms with E-state index in [2.05, 4.69) is 16.6 Å².